The van der Waals surface area contributed by atoms with Gasteiger partial charge in [0.2, 0.25) is 0 Å². The molecular weight excluding hydrogens is 298 g/mol. The van der Waals surface area contributed by atoms with Crippen LogP contribution in [0.3, 0.4) is 0 Å². The highest BCUT2D eigenvalue weighted by atomic mass is 79.9. The summed E-state index contributed by atoms with van der Waals surface area (Å²) in [6.07, 6.45) is 1.68. The minimum absolute atomic E-state index is 0.0436. The first-order valence-corrected chi connectivity index (χ1v) is 6.13. The Balaban J connectivity index is 2.04. The van der Waals surface area contributed by atoms with Gasteiger partial charge >= 0.3 is 0 Å². The van der Waals surface area contributed by atoms with Crippen molar-refractivity contribution < 1.29 is 9.90 Å². The lowest BCUT2D eigenvalue weighted by molar-refractivity contribution is 0.0950. The fourth-order valence-corrected chi connectivity index (χ4v) is 1.73. The fourth-order valence-electron chi connectivity index (χ4n) is 1.49. The lowest BCUT2D eigenvalue weighted by atomic mass is 10.2. The lowest BCUT2D eigenvalue weighted by Gasteiger charge is -2.05. The summed E-state index contributed by atoms with van der Waals surface area (Å²) in [5, 5.41) is 18.9. The van der Waals surface area contributed by atoms with Gasteiger partial charge in [0.15, 0.2) is 0 Å². The van der Waals surface area contributed by atoms with Crippen LogP contribution in [0.5, 0.6) is 5.75 Å². The number of nitrogens with zero attached hydrogens (tertiary/aromatic N) is 1. The molecule has 5 nitrogen and oxygen atoms in total. The highest BCUT2D eigenvalue weighted by molar-refractivity contribution is 9.10. The highest BCUT2D eigenvalue weighted by Gasteiger charge is 2.09. The predicted molar refractivity (Wildman–Crippen MR) is 70.3 cm³/mol. The van der Waals surface area contributed by atoms with Crippen molar-refractivity contribution in [1.29, 1.82) is 0 Å². The van der Waals surface area contributed by atoms with Crippen LogP contribution >= 0.6 is 15.9 Å². The minimum Gasteiger partial charge on any atom is -0.507 e. The Kier molecular flexibility index (Phi) is 3.66. The van der Waals surface area contributed by atoms with Crippen molar-refractivity contribution in [2.45, 2.75) is 13.5 Å². The van der Waals surface area contributed by atoms with Gasteiger partial charge < -0.3 is 10.4 Å². The lowest BCUT2D eigenvalue weighted by Crippen LogP contribution is -2.22. The molecule has 1 aromatic carbocycles. The summed E-state index contributed by atoms with van der Waals surface area (Å²) in [7, 11) is 0. The van der Waals surface area contributed by atoms with E-state index < -0.39 is 0 Å². The second-order valence-corrected chi connectivity index (χ2v) is 4.72. The third-order valence-corrected chi connectivity index (χ3v) is 3.25. The average Bonchev–Trinajstić information content (AvgIpc) is 2.75. The SMILES string of the molecule is Cc1[nH]ncc1CNC(=O)c1ccc(Br)c(O)c1. The van der Waals surface area contributed by atoms with Gasteiger partial charge in [-0.3, -0.25) is 9.89 Å². The summed E-state index contributed by atoms with van der Waals surface area (Å²) in [5.74, 6) is -0.194. The van der Waals surface area contributed by atoms with Crippen molar-refractivity contribution >= 4 is 21.8 Å². The predicted octanol–water partition coefficient (Wildman–Crippen LogP) is 2.12. The first-order valence-electron chi connectivity index (χ1n) is 5.33. The highest BCUT2D eigenvalue weighted by Crippen LogP contribution is 2.24. The van der Waals surface area contributed by atoms with E-state index >= 15 is 0 Å². The summed E-state index contributed by atoms with van der Waals surface area (Å²) >= 11 is 3.16. The van der Waals surface area contributed by atoms with E-state index in [1.165, 1.54) is 6.07 Å². The first-order chi connectivity index (χ1) is 8.58. The molecule has 0 fully saturated rings. The van der Waals surface area contributed by atoms with Gasteiger partial charge in [0.25, 0.3) is 5.91 Å². The number of hydrogen-bond acceptors (Lipinski definition) is 3. The number of phenols is 1. The van der Waals surface area contributed by atoms with Gasteiger partial charge in [0.05, 0.1) is 10.7 Å². The van der Waals surface area contributed by atoms with Crippen molar-refractivity contribution in [2.24, 2.45) is 0 Å². The Morgan fingerprint density at radius 3 is 2.94 bits per heavy atom. The number of aromatic nitrogens is 2. The van der Waals surface area contributed by atoms with Crippen molar-refractivity contribution in [3.63, 3.8) is 0 Å². The van der Waals surface area contributed by atoms with E-state index in [1.807, 2.05) is 6.92 Å². The zero-order valence-electron chi connectivity index (χ0n) is 9.70. The standard InChI is InChI=1S/C12H12BrN3O2/c1-7-9(6-15-16-7)5-14-12(18)8-2-3-10(13)11(17)4-8/h2-4,6,17H,5H2,1H3,(H,14,18)(H,15,16). The molecule has 0 radical (unpaired) electrons. The Morgan fingerprint density at radius 1 is 1.56 bits per heavy atom. The second kappa shape index (κ2) is 5.22. The fraction of sp³-hybridized carbons (Fsp3) is 0.167. The van der Waals surface area contributed by atoms with Gasteiger partial charge in [-0.2, -0.15) is 5.10 Å². The summed E-state index contributed by atoms with van der Waals surface area (Å²) in [6.45, 7) is 2.29. The van der Waals surface area contributed by atoms with E-state index in [-0.39, 0.29) is 11.7 Å². The first kappa shape index (κ1) is 12.6. The zero-order chi connectivity index (χ0) is 13.1. The molecule has 3 N–H and O–H groups in total. The number of amides is 1. The number of carbonyl (C=O) groups is 1. The Labute approximate surface area is 112 Å². The van der Waals surface area contributed by atoms with Gasteiger partial charge in [-0.05, 0) is 41.1 Å². The molecule has 1 aromatic heterocycles. The monoisotopic (exact) mass is 309 g/mol. The second-order valence-electron chi connectivity index (χ2n) is 3.87. The van der Waals surface area contributed by atoms with Crippen molar-refractivity contribution in [3.8, 4) is 5.75 Å². The van der Waals surface area contributed by atoms with Crippen LogP contribution in [0, 0.1) is 6.92 Å². The molecule has 0 aliphatic rings. The minimum atomic E-state index is -0.238. The number of carbonyl (C=O) groups excluding carboxylic acids is 1. The smallest absolute Gasteiger partial charge is 0.251 e. The van der Waals surface area contributed by atoms with E-state index in [0.29, 0.717) is 16.6 Å². The molecule has 6 heteroatoms. The maximum absolute atomic E-state index is 11.8. The van der Waals surface area contributed by atoms with Gasteiger partial charge in [-0.1, -0.05) is 0 Å². The zero-order valence-corrected chi connectivity index (χ0v) is 11.3. The van der Waals surface area contributed by atoms with Gasteiger partial charge in [0.1, 0.15) is 5.75 Å². The van der Waals surface area contributed by atoms with Crippen LogP contribution in [0.1, 0.15) is 21.6 Å². The largest absolute Gasteiger partial charge is 0.507 e. The molecule has 0 saturated heterocycles. The van der Waals surface area contributed by atoms with E-state index in [2.05, 4.69) is 31.4 Å². The van der Waals surface area contributed by atoms with E-state index in [9.17, 15) is 9.90 Å². The summed E-state index contributed by atoms with van der Waals surface area (Å²) < 4.78 is 0.560. The Hall–Kier alpha value is -1.82. The average molecular weight is 310 g/mol. The van der Waals surface area contributed by atoms with Crippen LogP contribution in [0.2, 0.25) is 0 Å². The van der Waals surface area contributed by atoms with Crippen molar-refractivity contribution in [1.82, 2.24) is 15.5 Å². The molecule has 0 unspecified atom stereocenters. The molecular formula is C12H12BrN3O2. The summed E-state index contributed by atoms with van der Waals surface area (Å²) in [5.41, 5.74) is 2.27. The van der Waals surface area contributed by atoms with Crippen molar-refractivity contribution in [2.75, 3.05) is 0 Å². The van der Waals surface area contributed by atoms with E-state index in [4.69, 9.17) is 0 Å². The Bertz CT molecular complexity index is 580. The maximum Gasteiger partial charge on any atom is 0.251 e. The number of aryl methyl sites for hydroxylation is 1. The van der Waals surface area contributed by atoms with Crippen LogP contribution in [0.15, 0.2) is 28.9 Å². The number of H-pyrrole nitrogens is 1. The number of aromatic amines is 1. The third kappa shape index (κ3) is 2.70. The van der Waals surface area contributed by atoms with Crippen molar-refractivity contribution in [3.05, 3.63) is 45.7 Å². The molecule has 1 heterocycles. The molecule has 0 atom stereocenters. The topological polar surface area (TPSA) is 78.0 Å². The van der Waals surface area contributed by atoms with Crippen LogP contribution in [0.25, 0.3) is 0 Å². The molecule has 2 rings (SSSR count). The number of halogens is 1. The quantitative estimate of drug-likeness (QED) is 0.812. The van der Waals surface area contributed by atoms with Gasteiger partial charge in [-0.15, -0.1) is 0 Å². The van der Waals surface area contributed by atoms with Crippen LogP contribution < -0.4 is 5.32 Å². The molecule has 0 spiro atoms. The number of aromatic hydroxyl groups is 1. The molecule has 0 aliphatic carbocycles. The molecule has 0 aliphatic heterocycles. The Morgan fingerprint density at radius 2 is 2.33 bits per heavy atom. The van der Waals surface area contributed by atoms with Gasteiger partial charge in [-0.25, -0.2) is 0 Å². The normalized spacial score (nSPS) is 10.3. The van der Waals surface area contributed by atoms with Crippen LogP contribution in [0.4, 0.5) is 0 Å². The summed E-state index contributed by atoms with van der Waals surface area (Å²) in [6, 6.07) is 4.69. The molecule has 18 heavy (non-hydrogen) atoms. The molecule has 94 valence electrons. The summed E-state index contributed by atoms with van der Waals surface area (Å²) in [4.78, 5) is 11.8. The number of nitrogens with one attached hydrogen (secondary N) is 2. The molecule has 0 saturated carbocycles. The number of benzene rings is 1. The maximum atomic E-state index is 11.8. The van der Waals surface area contributed by atoms with E-state index in [0.717, 1.165) is 11.3 Å². The van der Waals surface area contributed by atoms with Gasteiger partial charge in [0, 0.05) is 23.4 Å². The number of rotatable bonds is 3. The third-order valence-electron chi connectivity index (χ3n) is 2.58. The molecule has 1 amide bonds. The number of hydrogen-bond donors (Lipinski definition) is 3. The van der Waals surface area contributed by atoms with E-state index in [1.54, 1.807) is 18.3 Å². The molecule has 2 aromatic rings. The van der Waals surface area contributed by atoms with Crippen LogP contribution in [-0.2, 0) is 6.54 Å². The number of phenolic OH excluding ortho intramolecular Hbond substituents is 1. The molecule has 0 bridgehead atoms. The van der Waals surface area contributed by atoms with Crippen LogP contribution in [-0.4, -0.2) is 21.2 Å².